The fourth-order valence-electron chi connectivity index (χ4n) is 6.14. The van der Waals surface area contributed by atoms with Crippen LogP contribution >= 0.6 is 7.82 Å². The van der Waals surface area contributed by atoms with Crippen LogP contribution in [0.3, 0.4) is 0 Å². The zero-order valence-corrected chi connectivity index (χ0v) is 39.6. The van der Waals surface area contributed by atoms with Crippen molar-refractivity contribution < 1.29 is 37.3 Å². The Morgan fingerprint density at radius 1 is 0.542 bits per heavy atom. The van der Waals surface area contributed by atoms with Crippen molar-refractivity contribution in [2.75, 3.05) is 54.1 Å². The van der Waals surface area contributed by atoms with Crippen LogP contribution < -0.4 is 0 Å². The molecule has 0 saturated carbocycles. The van der Waals surface area contributed by atoms with Crippen LogP contribution in [0.5, 0.6) is 0 Å². The van der Waals surface area contributed by atoms with Gasteiger partial charge in [0.25, 0.3) is 0 Å². The molecule has 0 radical (unpaired) electrons. The Bertz CT molecular complexity index is 1170. The first kappa shape index (κ1) is 56.9. The van der Waals surface area contributed by atoms with Crippen LogP contribution in [0.15, 0.2) is 72.9 Å². The molecular formula is C50H91NO7P+. The minimum atomic E-state index is -4.29. The zero-order valence-electron chi connectivity index (χ0n) is 38.7. The highest BCUT2D eigenvalue weighted by Gasteiger charge is 2.26. The Balaban J connectivity index is 4.26. The monoisotopic (exact) mass is 849 g/mol. The van der Waals surface area contributed by atoms with Gasteiger partial charge in [0, 0.05) is 13.0 Å². The molecule has 0 saturated heterocycles. The van der Waals surface area contributed by atoms with Crippen LogP contribution in [0.4, 0.5) is 0 Å². The Kier molecular flexibility index (Phi) is 41.1. The number of quaternary nitrogens is 1. The molecule has 0 aromatic carbocycles. The van der Waals surface area contributed by atoms with Gasteiger partial charge in [0.1, 0.15) is 19.3 Å². The van der Waals surface area contributed by atoms with E-state index in [2.05, 4.69) is 86.8 Å². The topological polar surface area (TPSA) is 91.3 Å². The van der Waals surface area contributed by atoms with Crippen molar-refractivity contribution in [3.8, 4) is 0 Å². The molecule has 0 spiro atoms. The number of allylic oxidation sites excluding steroid dienone is 12. The standard InChI is InChI=1S/C50H90NO7P/c1-6-8-10-12-14-16-18-20-22-23-24-25-26-27-28-29-30-31-33-35-37-39-41-43-50(52)58-49(48-57-59(53,54)56-46-44-51(3,4)5)47-55-45-42-40-38-36-34-32-21-19-17-15-13-11-9-7-2/h8,10,14,16,20,22,24-25,27-28,30-31,49H,6-7,9,11-13,15,17-19,21,23,26,29,32-48H2,1-5H3/p+1/b10-8-,16-14-,22-20-,25-24-,28-27-,31-30-. The fourth-order valence-corrected chi connectivity index (χ4v) is 6.89. The van der Waals surface area contributed by atoms with Crippen LogP contribution in [0.2, 0.25) is 0 Å². The second-order valence-corrected chi connectivity index (χ2v) is 18.2. The molecule has 342 valence electrons. The van der Waals surface area contributed by atoms with E-state index < -0.39 is 13.9 Å². The number of hydrogen-bond acceptors (Lipinski definition) is 6. The number of hydrogen-bond donors (Lipinski definition) is 1. The van der Waals surface area contributed by atoms with Gasteiger partial charge in [0.2, 0.25) is 0 Å². The van der Waals surface area contributed by atoms with Crippen molar-refractivity contribution in [1.82, 2.24) is 0 Å². The Morgan fingerprint density at radius 3 is 1.47 bits per heavy atom. The lowest BCUT2D eigenvalue weighted by molar-refractivity contribution is -0.870. The molecule has 59 heavy (non-hydrogen) atoms. The van der Waals surface area contributed by atoms with E-state index in [4.69, 9.17) is 18.5 Å². The van der Waals surface area contributed by atoms with E-state index in [0.29, 0.717) is 24.1 Å². The number of carbonyl (C=O) groups is 1. The lowest BCUT2D eigenvalue weighted by Crippen LogP contribution is -2.37. The van der Waals surface area contributed by atoms with Gasteiger partial charge in [-0.2, -0.15) is 0 Å². The first-order chi connectivity index (χ1) is 28.6. The first-order valence-electron chi connectivity index (χ1n) is 23.7. The minimum Gasteiger partial charge on any atom is -0.457 e. The maximum Gasteiger partial charge on any atom is 0.472 e. The third kappa shape index (κ3) is 46.9. The van der Waals surface area contributed by atoms with Crippen LogP contribution in [-0.4, -0.2) is 75.6 Å². The van der Waals surface area contributed by atoms with E-state index in [-0.39, 0.29) is 25.8 Å². The summed E-state index contributed by atoms with van der Waals surface area (Å²) in [4.78, 5) is 22.9. The maximum absolute atomic E-state index is 12.7. The summed E-state index contributed by atoms with van der Waals surface area (Å²) in [5.74, 6) is -0.339. The molecule has 1 N–H and O–H groups in total. The molecule has 0 aliphatic rings. The van der Waals surface area contributed by atoms with Crippen LogP contribution in [0.1, 0.15) is 181 Å². The summed E-state index contributed by atoms with van der Waals surface area (Å²) in [5.41, 5.74) is 0. The zero-order chi connectivity index (χ0) is 43.4. The van der Waals surface area contributed by atoms with Gasteiger partial charge in [-0.1, -0.05) is 183 Å². The van der Waals surface area contributed by atoms with Crippen LogP contribution in [0.25, 0.3) is 0 Å². The van der Waals surface area contributed by atoms with Crippen molar-refractivity contribution in [3.05, 3.63) is 72.9 Å². The predicted molar refractivity (Wildman–Crippen MR) is 252 cm³/mol. The van der Waals surface area contributed by atoms with Gasteiger partial charge < -0.3 is 18.9 Å². The number of carbonyl (C=O) groups excluding carboxylic acids is 1. The van der Waals surface area contributed by atoms with Crippen molar-refractivity contribution >= 4 is 13.8 Å². The summed E-state index contributed by atoms with van der Waals surface area (Å²) in [6.07, 6.45) is 55.1. The predicted octanol–water partition coefficient (Wildman–Crippen LogP) is 14.3. The van der Waals surface area contributed by atoms with E-state index in [0.717, 1.165) is 83.5 Å². The highest BCUT2D eigenvalue weighted by atomic mass is 31.2. The Labute approximate surface area is 363 Å². The maximum atomic E-state index is 12.7. The second-order valence-electron chi connectivity index (χ2n) is 16.8. The molecule has 0 heterocycles. The lowest BCUT2D eigenvalue weighted by Gasteiger charge is -2.24. The summed E-state index contributed by atoms with van der Waals surface area (Å²) < 4.78 is 35.0. The summed E-state index contributed by atoms with van der Waals surface area (Å²) in [5, 5.41) is 0. The quantitative estimate of drug-likeness (QED) is 0.0215. The molecule has 0 aliphatic heterocycles. The van der Waals surface area contributed by atoms with Gasteiger partial charge in [-0.15, -0.1) is 0 Å². The number of phosphoric ester groups is 1. The molecule has 2 atom stereocenters. The van der Waals surface area contributed by atoms with E-state index in [9.17, 15) is 14.3 Å². The first-order valence-corrected chi connectivity index (χ1v) is 25.2. The molecule has 2 unspecified atom stereocenters. The number of esters is 1. The fraction of sp³-hybridized carbons (Fsp3) is 0.740. The smallest absolute Gasteiger partial charge is 0.457 e. The molecule has 0 bridgehead atoms. The van der Waals surface area contributed by atoms with Crippen LogP contribution in [0, 0.1) is 0 Å². The van der Waals surface area contributed by atoms with Gasteiger partial charge in [0.15, 0.2) is 0 Å². The summed E-state index contributed by atoms with van der Waals surface area (Å²) in [7, 11) is 1.64. The summed E-state index contributed by atoms with van der Waals surface area (Å²) >= 11 is 0. The number of unbranched alkanes of at least 4 members (excludes halogenated alkanes) is 17. The van der Waals surface area contributed by atoms with Gasteiger partial charge in [-0.3, -0.25) is 13.8 Å². The van der Waals surface area contributed by atoms with Gasteiger partial charge >= 0.3 is 13.8 Å². The number of ether oxygens (including phenoxy) is 2. The molecule has 8 nitrogen and oxygen atoms in total. The van der Waals surface area contributed by atoms with Gasteiger partial charge in [0.05, 0.1) is 34.4 Å². The lowest BCUT2D eigenvalue weighted by atomic mass is 10.0. The third-order valence-electron chi connectivity index (χ3n) is 9.78. The minimum absolute atomic E-state index is 0.0808. The number of rotatable bonds is 43. The number of phosphoric acid groups is 1. The van der Waals surface area contributed by atoms with E-state index in [1.54, 1.807) is 0 Å². The molecule has 9 heteroatoms. The SMILES string of the molecule is CC/C=C\C/C=C\C/C=C\C/C=C\C/C=C\C/C=C\CCCCCCC(=O)OC(COCCCCCCCCCCCCCCCC)COP(=O)(O)OCC[N+](C)(C)C. The van der Waals surface area contributed by atoms with Gasteiger partial charge in [-0.25, -0.2) is 4.57 Å². The molecule has 0 aromatic heterocycles. The van der Waals surface area contributed by atoms with Crippen LogP contribution in [-0.2, 0) is 27.9 Å². The Morgan fingerprint density at radius 2 is 0.983 bits per heavy atom. The summed E-state index contributed by atoms with van der Waals surface area (Å²) in [6.45, 7) is 5.47. The third-order valence-corrected chi connectivity index (χ3v) is 10.8. The molecular weight excluding hydrogens is 758 g/mol. The van der Waals surface area contributed by atoms with E-state index in [1.165, 1.54) is 77.0 Å². The van der Waals surface area contributed by atoms with E-state index in [1.807, 2.05) is 21.1 Å². The van der Waals surface area contributed by atoms with Crippen molar-refractivity contribution in [3.63, 3.8) is 0 Å². The Hall–Kier alpha value is -2.06. The number of nitrogens with zero attached hydrogens (tertiary/aromatic N) is 1. The molecule has 0 rings (SSSR count). The summed E-state index contributed by atoms with van der Waals surface area (Å²) in [6, 6.07) is 0. The molecule has 0 aromatic rings. The van der Waals surface area contributed by atoms with Crippen molar-refractivity contribution in [2.45, 2.75) is 187 Å². The second kappa shape index (κ2) is 42.6. The average Bonchev–Trinajstić information content (AvgIpc) is 3.19. The average molecular weight is 849 g/mol. The van der Waals surface area contributed by atoms with Crippen molar-refractivity contribution in [1.29, 1.82) is 0 Å². The molecule has 0 aliphatic carbocycles. The molecule has 0 fully saturated rings. The highest BCUT2D eigenvalue weighted by molar-refractivity contribution is 7.47. The highest BCUT2D eigenvalue weighted by Crippen LogP contribution is 2.43. The normalized spacial score (nSPS) is 14.3. The molecule has 0 amide bonds. The number of likely N-dealkylation sites (N-methyl/N-ethyl adjacent to an activating group) is 1. The van der Waals surface area contributed by atoms with Gasteiger partial charge in [-0.05, 0) is 64.2 Å². The van der Waals surface area contributed by atoms with E-state index >= 15 is 0 Å². The van der Waals surface area contributed by atoms with Crippen molar-refractivity contribution in [2.24, 2.45) is 0 Å². The largest absolute Gasteiger partial charge is 0.472 e.